The SMILES string of the molecule is CCCCCCCCCCCCCCSCCCO[P+](=O)OCO[C@H](C)Cn1cnc2c(N)ncnc21.N. The maximum atomic E-state index is 11.9. The molecule has 2 rings (SSSR count). The summed E-state index contributed by atoms with van der Waals surface area (Å²) in [5.41, 5.74) is 7.02. The Morgan fingerprint density at radius 1 is 0.921 bits per heavy atom. The van der Waals surface area contributed by atoms with Crippen LogP contribution < -0.4 is 11.9 Å². The minimum absolute atomic E-state index is 0. The highest BCUT2D eigenvalue weighted by Crippen LogP contribution is 2.24. The topological polar surface area (TPSA) is 149 Å². The van der Waals surface area contributed by atoms with Gasteiger partial charge in [-0.15, -0.1) is 4.52 Å². The van der Waals surface area contributed by atoms with Crippen LogP contribution in [0.5, 0.6) is 0 Å². The first-order valence-corrected chi connectivity index (χ1v) is 16.2. The normalized spacial score (nSPS) is 12.5. The quantitative estimate of drug-likeness (QED) is 0.0736. The molecule has 0 aliphatic rings. The van der Waals surface area contributed by atoms with Crippen molar-refractivity contribution in [3.8, 4) is 0 Å². The summed E-state index contributed by atoms with van der Waals surface area (Å²) in [6.07, 6.45) is 20.3. The third kappa shape index (κ3) is 15.3. The van der Waals surface area contributed by atoms with Crippen molar-refractivity contribution in [3.05, 3.63) is 12.7 Å². The molecule has 10 nitrogen and oxygen atoms in total. The average molecular weight is 574 g/mol. The number of fused-ring (bicyclic) bond motifs is 1. The predicted octanol–water partition coefficient (Wildman–Crippen LogP) is 7.45. The summed E-state index contributed by atoms with van der Waals surface area (Å²) >= 11 is 1.95. The highest BCUT2D eigenvalue weighted by Gasteiger charge is 2.21. The molecule has 2 atom stereocenters. The van der Waals surface area contributed by atoms with E-state index in [0.717, 1.165) is 12.2 Å². The Morgan fingerprint density at radius 3 is 2.24 bits per heavy atom. The van der Waals surface area contributed by atoms with E-state index in [2.05, 4.69) is 21.9 Å². The molecular formula is C26H50N6O4PS+. The number of nitrogen functional groups attached to an aromatic ring is 1. The molecule has 2 aromatic rings. The highest BCUT2D eigenvalue weighted by molar-refractivity contribution is 7.99. The molecule has 0 bridgehead atoms. The van der Waals surface area contributed by atoms with E-state index in [9.17, 15) is 4.57 Å². The van der Waals surface area contributed by atoms with E-state index in [0.29, 0.717) is 30.1 Å². The zero-order valence-electron chi connectivity index (χ0n) is 23.5. The van der Waals surface area contributed by atoms with Crippen LogP contribution in [0.15, 0.2) is 12.7 Å². The zero-order chi connectivity index (χ0) is 26.6. The number of hydrogen-bond acceptors (Lipinski definition) is 10. The van der Waals surface area contributed by atoms with Crippen LogP contribution in [0.4, 0.5) is 5.82 Å². The fraction of sp³-hybridized carbons (Fsp3) is 0.808. The molecular weight excluding hydrogens is 523 g/mol. The van der Waals surface area contributed by atoms with Crippen molar-refractivity contribution in [3.63, 3.8) is 0 Å². The van der Waals surface area contributed by atoms with Gasteiger partial charge in [-0.05, 0) is 31.3 Å². The lowest BCUT2D eigenvalue weighted by molar-refractivity contribution is -0.0367. The van der Waals surface area contributed by atoms with Gasteiger partial charge in [0.25, 0.3) is 0 Å². The lowest BCUT2D eigenvalue weighted by atomic mass is 10.1. The second-order valence-corrected chi connectivity index (χ2v) is 11.7. The first-order valence-electron chi connectivity index (χ1n) is 14.0. The molecule has 0 saturated heterocycles. The molecule has 2 heterocycles. The molecule has 0 saturated carbocycles. The molecule has 2 aromatic heterocycles. The minimum atomic E-state index is -2.18. The third-order valence-electron chi connectivity index (χ3n) is 6.17. The van der Waals surface area contributed by atoms with Crippen molar-refractivity contribution >= 4 is 37.0 Å². The fourth-order valence-corrected chi connectivity index (χ4v) is 5.47. The molecule has 12 heteroatoms. The van der Waals surface area contributed by atoms with Crippen molar-refractivity contribution in [1.82, 2.24) is 25.7 Å². The molecule has 0 aliphatic carbocycles. The summed E-state index contributed by atoms with van der Waals surface area (Å²) in [6.45, 7) is 4.99. The second kappa shape index (κ2) is 22.5. The van der Waals surface area contributed by atoms with E-state index in [4.69, 9.17) is 19.5 Å². The van der Waals surface area contributed by atoms with Crippen molar-refractivity contribution in [2.45, 2.75) is 110 Å². The number of nitrogens with two attached hydrogens (primary N) is 1. The number of ether oxygens (including phenoxy) is 1. The summed E-state index contributed by atoms with van der Waals surface area (Å²) in [6, 6.07) is 0. The highest BCUT2D eigenvalue weighted by atomic mass is 32.2. The summed E-state index contributed by atoms with van der Waals surface area (Å²) in [5, 5.41) is 0. The van der Waals surface area contributed by atoms with E-state index in [-0.39, 0.29) is 19.0 Å². The van der Waals surface area contributed by atoms with Crippen molar-refractivity contribution in [2.24, 2.45) is 0 Å². The van der Waals surface area contributed by atoms with Gasteiger partial charge in [0, 0.05) is 4.57 Å². The summed E-state index contributed by atoms with van der Waals surface area (Å²) in [5.74, 6) is 2.55. The Balaban J connectivity index is 0.00000722. The van der Waals surface area contributed by atoms with Crippen LogP contribution in [-0.2, 0) is 24.9 Å². The molecule has 218 valence electrons. The summed E-state index contributed by atoms with van der Waals surface area (Å²) in [7, 11) is -2.18. The molecule has 0 aliphatic heterocycles. The smallest absolute Gasteiger partial charge is 0.382 e. The van der Waals surface area contributed by atoms with E-state index >= 15 is 0 Å². The Kier molecular flexibility index (Phi) is 20.5. The summed E-state index contributed by atoms with van der Waals surface area (Å²) in [4.78, 5) is 12.4. The average Bonchev–Trinajstić information content (AvgIpc) is 3.29. The minimum Gasteiger partial charge on any atom is -0.382 e. The maximum Gasteiger partial charge on any atom is 0.699 e. The van der Waals surface area contributed by atoms with Crippen molar-refractivity contribution in [1.29, 1.82) is 0 Å². The number of hydrogen-bond donors (Lipinski definition) is 2. The molecule has 0 fully saturated rings. The fourth-order valence-electron chi connectivity index (χ4n) is 4.04. The van der Waals surface area contributed by atoms with Crippen LogP contribution >= 0.6 is 20.0 Å². The van der Waals surface area contributed by atoms with Gasteiger partial charge in [-0.2, -0.15) is 11.8 Å². The number of thioether (sulfide) groups is 1. The van der Waals surface area contributed by atoms with E-state index in [1.54, 1.807) is 6.33 Å². The number of aromatic nitrogens is 4. The monoisotopic (exact) mass is 573 g/mol. The zero-order valence-corrected chi connectivity index (χ0v) is 25.2. The van der Waals surface area contributed by atoms with E-state index in [1.165, 1.54) is 89.1 Å². The van der Waals surface area contributed by atoms with Gasteiger partial charge < -0.3 is 21.2 Å². The molecule has 5 N–H and O–H groups in total. The van der Waals surface area contributed by atoms with Gasteiger partial charge in [-0.25, -0.2) is 15.0 Å². The maximum absolute atomic E-state index is 11.9. The Labute approximate surface area is 234 Å². The lowest BCUT2D eigenvalue weighted by Crippen LogP contribution is -2.17. The van der Waals surface area contributed by atoms with Crippen LogP contribution in [0.3, 0.4) is 0 Å². The van der Waals surface area contributed by atoms with Gasteiger partial charge in [0.1, 0.15) is 18.5 Å². The van der Waals surface area contributed by atoms with Gasteiger partial charge >= 0.3 is 8.25 Å². The largest absolute Gasteiger partial charge is 0.699 e. The molecule has 0 radical (unpaired) electrons. The number of nitrogens with zero attached hydrogens (tertiary/aromatic N) is 4. The van der Waals surface area contributed by atoms with Crippen molar-refractivity contribution in [2.75, 3.05) is 30.6 Å². The van der Waals surface area contributed by atoms with Crippen LogP contribution in [0.1, 0.15) is 97.3 Å². The second-order valence-electron chi connectivity index (χ2n) is 9.46. The van der Waals surface area contributed by atoms with E-state index < -0.39 is 8.25 Å². The Hall–Kier alpha value is -1.36. The molecule has 38 heavy (non-hydrogen) atoms. The number of imidazole rings is 1. The Morgan fingerprint density at radius 2 is 1.55 bits per heavy atom. The number of anilines is 1. The molecule has 0 amide bonds. The number of rotatable bonds is 24. The lowest BCUT2D eigenvalue weighted by Gasteiger charge is -2.11. The van der Waals surface area contributed by atoms with Crippen LogP contribution in [0.25, 0.3) is 11.2 Å². The standard InChI is InChI=1S/C26H47N5O4PS.H3N/c1-3-4-5-6-7-8-9-10-11-12-13-14-17-37-18-15-16-34-36(32)35-22-33-23(2)19-31-21-30-24-25(27)28-20-29-26(24)31;/h20-21,23H,3-19,22H2,1-2H3,(H2,27,28,29);1H3/q+1;/t23-;/m1./s1. The third-order valence-corrected chi connectivity index (χ3v) is 8.03. The van der Waals surface area contributed by atoms with Crippen LogP contribution in [-0.4, -0.2) is 50.5 Å². The molecule has 1 unspecified atom stereocenters. The molecule has 0 spiro atoms. The first-order chi connectivity index (χ1) is 18.1. The van der Waals surface area contributed by atoms with Gasteiger partial charge in [0.15, 0.2) is 11.5 Å². The van der Waals surface area contributed by atoms with Gasteiger partial charge in [0.2, 0.25) is 6.79 Å². The molecule has 0 aromatic carbocycles. The predicted molar refractivity (Wildman–Crippen MR) is 158 cm³/mol. The van der Waals surface area contributed by atoms with Gasteiger partial charge in [0.05, 0.1) is 19.0 Å². The Bertz CT molecular complexity index is 875. The van der Waals surface area contributed by atoms with Gasteiger partial charge in [-0.3, -0.25) is 0 Å². The van der Waals surface area contributed by atoms with Crippen molar-refractivity contribution < 1.29 is 18.3 Å². The van der Waals surface area contributed by atoms with Crippen LogP contribution in [0, 0.1) is 0 Å². The summed E-state index contributed by atoms with van der Waals surface area (Å²) < 4.78 is 29.7. The number of unbranched alkanes of at least 4 members (excludes halogenated alkanes) is 11. The first kappa shape index (κ1) is 34.7. The van der Waals surface area contributed by atoms with Crippen LogP contribution in [0.2, 0.25) is 0 Å². The van der Waals surface area contributed by atoms with Gasteiger partial charge in [-0.1, -0.05) is 82.1 Å². The van der Waals surface area contributed by atoms with E-state index in [1.807, 2.05) is 23.3 Å².